The first kappa shape index (κ1) is 14.8. The normalized spacial score (nSPS) is 35.6. The molecule has 19 heavy (non-hydrogen) atoms. The van der Waals surface area contributed by atoms with Crippen molar-refractivity contribution in [3.05, 3.63) is 0 Å². The van der Waals surface area contributed by atoms with Crippen molar-refractivity contribution in [1.82, 2.24) is 4.90 Å². The van der Waals surface area contributed by atoms with E-state index in [1.807, 2.05) is 0 Å². The minimum absolute atomic E-state index is 0.0841. The molecule has 0 radical (unpaired) electrons. The summed E-state index contributed by atoms with van der Waals surface area (Å²) in [6.45, 7) is 5.90. The number of ether oxygens (including phenoxy) is 1. The standard InChI is InChI=1S/C15H28N2O2/c1-3-5-13-11(2)6-4-9-17(13)15(18)14-8-7-12(10-16)19-14/h11-14H,3-10,16H2,1-2H3/t11?,12-,13?,14+/m1/s1. The Morgan fingerprint density at radius 1 is 1.37 bits per heavy atom. The van der Waals surface area contributed by atoms with Crippen molar-refractivity contribution in [1.29, 1.82) is 0 Å². The van der Waals surface area contributed by atoms with E-state index < -0.39 is 0 Å². The van der Waals surface area contributed by atoms with Crippen LogP contribution in [0.25, 0.3) is 0 Å². The Hall–Kier alpha value is -0.610. The van der Waals surface area contributed by atoms with E-state index >= 15 is 0 Å². The summed E-state index contributed by atoms with van der Waals surface area (Å²) in [5, 5.41) is 0. The van der Waals surface area contributed by atoms with Gasteiger partial charge in [-0.2, -0.15) is 0 Å². The largest absolute Gasteiger partial charge is 0.364 e. The monoisotopic (exact) mass is 268 g/mol. The van der Waals surface area contributed by atoms with Gasteiger partial charge >= 0.3 is 0 Å². The molecule has 2 heterocycles. The molecule has 4 heteroatoms. The minimum Gasteiger partial charge on any atom is -0.364 e. The average molecular weight is 268 g/mol. The Kier molecular flexibility index (Phi) is 5.22. The Balaban J connectivity index is 1.99. The quantitative estimate of drug-likeness (QED) is 0.847. The summed E-state index contributed by atoms with van der Waals surface area (Å²) >= 11 is 0. The van der Waals surface area contributed by atoms with E-state index in [4.69, 9.17) is 10.5 Å². The Bertz CT molecular complexity index is 309. The van der Waals surface area contributed by atoms with Gasteiger partial charge in [-0.15, -0.1) is 0 Å². The summed E-state index contributed by atoms with van der Waals surface area (Å²) in [5.41, 5.74) is 5.62. The fourth-order valence-corrected chi connectivity index (χ4v) is 3.50. The third kappa shape index (κ3) is 3.29. The van der Waals surface area contributed by atoms with Crippen LogP contribution in [0.2, 0.25) is 0 Å². The van der Waals surface area contributed by atoms with Crippen LogP contribution in [0, 0.1) is 5.92 Å². The van der Waals surface area contributed by atoms with E-state index in [-0.39, 0.29) is 18.1 Å². The van der Waals surface area contributed by atoms with Gasteiger partial charge in [-0.3, -0.25) is 4.79 Å². The summed E-state index contributed by atoms with van der Waals surface area (Å²) in [6, 6.07) is 0.409. The molecule has 4 nitrogen and oxygen atoms in total. The van der Waals surface area contributed by atoms with Gasteiger partial charge in [0.1, 0.15) is 6.10 Å². The number of rotatable bonds is 4. The molecule has 2 aliphatic rings. The predicted molar refractivity (Wildman–Crippen MR) is 75.8 cm³/mol. The van der Waals surface area contributed by atoms with Gasteiger partial charge in [-0.05, 0) is 38.0 Å². The maximum Gasteiger partial charge on any atom is 0.251 e. The summed E-state index contributed by atoms with van der Waals surface area (Å²) in [4.78, 5) is 14.8. The molecular formula is C15H28N2O2. The first-order chi connectivity index (χ1) is 9.17. The van der Waals surface area contributed by atoms with Gasteiger partial charge in [0.25, 0.3) is 5.91 Å². The maximum atomic E-state index is 12.7. The number of nitrogens with zero attached hydrogens (tertiary/aromatic N) is 1. The zero-order chi connectivity index (χ0) is 13.8. The van der Waals surface area contributed by atoms with E-state index in [1.165, 1.54) is 6.42 Å². The Labute approximate surface area is 116 Å². The molecule has 2 N–H and O–H groups in total. The van der Waals surface area contributed by atoms with Crippen molar-refractivity contribution in [2.24, 2.45) is 11.7 Å². The number of nitrogens with two attached hydrogens (primary N) is 1. The van der Waals surface area contributed by atoms with Crippen LogP contribution in [0.15, 0.2) is 0 Å². The number of hydrogen-bond donors (Lipinski definition) is 1. The zero-order valence-corrected chi connectivity index (χ0v) is 12.3. The van der Waals surface area contributed by atoms with Crippen molar-refractivity contribution >= 4 is 5.91 Å². The minimum atomic E-state index is -0.238. The van der Waals surface area contributed by atoms with Crippen molar-refractivity contribution in [2.45, 2.75) is 70.6 Å². The van der Waals surface area contributed by atoms with Gasteiger partial charge < -0.3 is 15.4 Å². The molecule has 0 aromatic rings. The Morgan fingerprint density at radius 2 is 2.16 bits per heavy atom. The number of amides is 1. The molecule has 2 saturated heterocycles. The van der Waals surface area contributed by atoms with Crippen LogP contribution in [-0.4, -0.2) is 42.1 Å². The molecule has 0 aromatic carbocycles. The second-order valence-electron chi connectivity index (χ2n) is 6.07. The molecule has 0 saturated carbocycles. The van der Waals surface area contributed by atoms with Crippen LogP contribution < -0.4 is 5.73 Å². The molecule has 1 amide bonds. The summed E-state index contributed by atoms with van der Waals surface area (Å²) in [5.74, 6) is 0.824. The number of carbonyl (C=O) groups excluding carboxylic acids is 1. The highest BCUT2D eigenvalue weighted by Gasteiger charge is 2.38. The van der Waals surface area contributed by atoms with E-state index in [9.17, 15) is 4.79 Å². The second-order valence-corrected chi connectivity index (χ2v) is 6.07. The van der Waals surface area contributed by atoms with Crippen LogP contribution in [0.1, 0.15) is 52.4 Å². The molecule has 2 rings (SSSR count). The molecule has 4 atom stereocenters. The van der Waals surface area contributed by atoms with Crippen molar-refractivity contribution in [3.8, 4) is 0 Å². The summed E-state index contributed by atoms with van der Waals surface area (Å²) < 4.78 is 5.77. The third-order valence-corrected chi connectivity index (χ3v) is 4.63. The fraction of sp³-hybridized carbons (Fsp3) is 0.933. The Morgan fingerprint density at radius 3 is 2.79 bits per heavy atom. The summed E-state index contributed by atoms with van der Waals surface area (Å²) in [7, 11) is 0. The van der Waals surface area contributed by atoms with E-state index in [1.54, 1.807) is 0 Å². The number of likely N-dealkylation sites (tertiary alicyclic amines) is 1. The van der Waals surface area contributed by atoms with E-state index in [0.717, 1.165) is 38.6 Å². The first-order valence-electron chi connectivity index (χ1n) is 7.83. The topological polar surface area (TPSA) is 55.6 Å². The van der Waals surface area contributed by atoms with Crippen molar-refractivity contribution in [2.75, 3.05) is 13.1 Å². The highest BCUT2D eigenvalue weighted by molar-refractivity contribution is 5.81. The van der Waals surface area contributed by atoms with E-state index in [2.05, 4.69) is 18.7 Å². The lowest BCUT2D eigenvalue weighted by atomic mass is 9.87. The number of hydrogen-bond acceptors (Lipinski definition) is 3. The van der Waals surface area contributed by atoms with Crippen LogP contribution >= 0.6 is 0 Å². The number of carbonyl (C=O) groups is 1. The average Bonchev–Trinajstić information content (AvgIpc) is 2.89. The highest BCUT2D eigenvalue weighted by atomic mass is 16.5. The van der Waals surface area contributed by atoms with Crippen LogP contribution in [0.5, 0.6) is 0 Å². The third-order valence-electron chi connectivity index (χ3n) is 4.63. The van der Waals surface area contributed by atoms with Gasteiger partial charge in [0.05, 0.1) is 6.10 Å². The van der Waals surface area contributed by atoms with E-state index in [0.29, 0.717) is 18.5 Å². The zero-order valence-electron chi connectivity index (χ0n) is 12.3. The van der Waals surface area contributed by atoms with Gasteiger partial charge in [0, 0.05) is 19.1 Å². The lowest BCUT2D eigenvalue weighted by Crippen LogP contribution is -2.51. The molecule has 2 unspecified atom stereocenters. The lowest BCUT2D eigenvalue weighted by molar-refractivity contribution is -0.148. The number of piperidine rings is 1. The van der Waals surface area contributed by atoms with Crippen LogP contribution in [0.3, 0.4) is 0 Å². The van der Waals surface area contributed by atoms with Gasteiger partial charge in [0.15, 0.2) is 0 Å². The van der Waals surface area contributed by atoms with Crippen LogP contribution in [-0.2, 0) is 9.53 Å². The molecule has 0 spiro atoms. The second kappa shape index (κ2) is 6.71. The van der Waals surface area contributed by atoms with Crippen molar-refractivity contribution in [3.63, 3.8) is 0 Å². The first-order valence-corrected chi connectivity index (χ1v) is 7.83. The molecule has 0 aromatic heterocycles. The molecule has 2 fully saturated rings. The van der Waals surface area contributed by atoms with Crippen molar-refractivity contribution < 1.29 is 9.53 Å². The molecule has 110 valence electrons. The molecule has 2 aliphatic heterocycles. The summed E-state index contributed by atoms with van der Waals surface area (Å²) in [6.07, 6.45) is 6.22. The van der Waals surface area contributed by atoms with Crippen LogP contribution in [0.4, 0.5) is 0 Å². The smallest absolute Gasteiger partial charge is 0.251 e. The highest BCUT2D eigenvalue weighted by Crippen LogP contribution is 2.29. The fourth-order valence-electron chi connectivity index (χ4n) is 3.50. The predicted octanol–water partition coefficient (Wildman–Crippen LogP) is 1.92. The lowest BCUT2D eigenvalue weighted by Gasteiger charge is -2.41. The van der Waals surface area contributed by atoms with Gasteiger partial charge in [-0.25, -0.2) is 0 Å². The molecule has 0 bridgehead atoms. The SMILES string of the molecule is CCCC1C(C)CCCN1C(=O)[C@@H]1CC[C@H](CN)O1. The van der Waals surface area contributed by atoms with Gasteiger partial charge in [-0.1, -0.05) is 20.3 Å². The maximum absolute atomic E-state index is 12.7. The molecule has 0 aliphatic carbocycles. The van der Waals surface area contributed by atoms with Gasteiger partial charge in [0.2, 0.25) is 0 Å². The molecular weight excluding hydrogens is 240 g/mol.